The van der Waals surface area contributed by atoms with Crippen molar-refractivity contribution in [2.24, 2.45) is 0 Å². The third-order valence-corrected chi connectivity index (χ3v) is 2.32. The molecular weight excluding hydrogens is 251 g/mol. The van der Waals surface area contributed by atoms with Crippen LogP contribution in [0.3, 0.4) is 0 Å². The lowest BCUT2D eigenvalue weighted by Gasteiger charge is -1.98. The summed E-state index contributed by atoms with van der Waals surface area (Å²) >= 11 is 0. The van der Waals surface area contributed by atoms with E-state index < -0.39 is 11.8 Å². The van der Waals surface area contributed by atoms with E-state index >= 15 is 0 Å². The molecule has 1 aromatic heterocycles. The number of hydrogen-bond donors (Lipinski definition) is 0. The van der Waals surface area contributed by atoms with Crippen molar-refractivity contribution in [1.82, 2.24) is 4.98 Å². The van der Waals surface area contributed by atoms with Gasteiger partial charge in [0, 0.05) is 0 Å². The Kier molecular flexibility index (Phi) is 3.57. The van der Waals surface area contributed by atoms with E-state index in [1.165, 1.54) is 12.1 Å². The smallest absolute Gasteiger partial charge is 0.360 e. The molecule has 0 bridgehead atoms. The van der Waals surface area contributed by atoms with E-state index in [-0.39, 0.29) is 29.3 Å². The van der Waals surface area contributed by atoms with Crippen LogP contribution in [0.4, 0.5) is 4.39 Å². The van der Waals surface area contributed by atoms with E-state index in [9.17, 15) is 9.18 Å². The van der Waals surface area contributed by atoms with Crippen LogP contribution in [0, 0.1) is 17.1 Å². The number of carbonyl (C=O) groups is 1. The number of halogens is 1. The molecule has 0 atom stereocenters. The number of oxazole rings is 1. The third-order valence-electron chi connectivity index (χ3n) is 2.32. The van der Waals surface area contributed by atoms with Gasteiger partial charge in [-0.3, -0.25) is 0 Å². The summed E-state index contributed by atoms with van der Waals surface area (Å²) in [5.74, 6) is -1.31. The molecule has 5 nitrogen and oxygen atoms in total. The zero-order valence-electron chi connectivity index (χ0n) is 10.0. The first-order valence-electron chi connectivity index (χ1n) is 5.48. The van der Waals surface area contributed by atoms with Crippen molar-refractivity contribution in [2.75, 3.05) is 6.61 Å². The zero-order valence-corrected chi connectivity index (χ0v) is 10.0. The molecule has 1 heterocycles. The van der Waals surface area contributed by atoms with Crippen molar-refractivity contribution in [3.8, 4) is 17.5 Å². The summed E-state index contributed by atoms with van der Waals surface area (Å²) in [7, 11) is 0. The molecular formula is C13H9FN2O3. The predicted octanol–water partition coefficient (Wildman–Crippen LogP) is 2.53. The Hall–Kier alpha value is -2.68. The minimum atomic E-state index is -0.642. The van der Waals surface area contributed by atoms with Crippen LogP contribution in [0.5, 0.6) is 0 Å². The van der Waals surface area contributed by atoms with Gasteiger partial charge in [-0.05, 0) is 25.1 Å². The minimum absolute atomic E-state index is 0.0272. The lowest BCUT2D eigenvalue weighted by Crippen LogP contribution is -2.04. The lowest BCUT2D eigenvalue weighted by atomic mass is 10.1. The largest absolute Gasteiger partial charge is 0.461 e. The van der Waals surface area contributed by atoms with Crippen molar-refractivity contribution in [3.63, 3.8) is 0 Å². The lowest BCUT2D eigenvalue weighted by molar-refractivity contribution is 0.0519. The molecule has 1 aromatic carbocycles. The highest BCUT2D eigenvalue weighted by Crippen LogP contribution is 2.23. The number of benzene rings is 1. The Morgan fingerprint density at radius 3 is 3.00 bits per heavy atom. The first-order valence-corrected chi connectivity index (χ1v) is 5.48. The van der Waals surface area contributed by atoms with Crippen LogP contribution in [0.15, 0.2) is 28.9 Å². The summed E-state index contributed by atoms with van der Waals surface area (Å²) in [5, 5.41) is 8.64. The molecule has 0 amide bonds. The fourth-order valence-corrected chi connectivity index (χ4v) is 1.45. The molecule has 2 rings (SSSR count). The van der Waals surface area contributed by atoms with Crippen LogP contribution < -0.4 is 0 Å². The molecule has 0 spiro atoms. The molecule has 0 aliphatic heterocycles. The molecule has 0 radical (unpaired) electrons. The van der Waals surface area contributed by atoms with Gasteiger partial charge in [-0.2, -0.15) is 5.26 Å². The maximum absolute atomic E-state index is 13.7. The fourth-order valence-electron chi connectivity index (χ4n) is 1.45. The van der Waals surface area contributed by atoms with E-state index in [4.69, 9.17) is 14.4 Å². The third kappa shape index (κ3) is 2.60. The van der Waals surface area contributed by atoms with Gasteiger partial charge in [0.05, 0.1) is 23.8 Å². The molecule has 2 aromatic rings. The maximum Gasteiger partial charge on any atom is 0.360 e. The van der Waals surface area contributed by atoms with Crippen LogP contribution in [0.25, 0.3) is 11.5 Å². The topological polar surface area (TPSA) is 76.1 Å². The standard InChI is InChI=1S/C13H9FN2O3/c1-2-18-13(17)11-7-19-12(16-11)9-4-3-8(6-15)5-10(9)14/h3-5,7H,2H2,1H3. The number of ether oxygens (including phenoxy) is 1. The number of nitriles is 1. The van der Waals surface area contributed by atoms with Crippen LogP contribution in [0.2, 0.25) is 0 Å². The molecule has 19 heavy (non-hydrogen) atoms. The summed E-state index contributed by atoms with van der Waals surface area (Å²) in [6.07, 6.45) is 1.10. The van der Waals surface area contributed by atoms with E-state index in [1.54, 1.807) is 6.92 Å². The van der Waals surface area contributed by atoms with Crippen molar-refractivity contribution in [1.29, 1.82) is 5.26 Å². The van der Waals surface area contributed by atoms with Crippen molar-refractivity contribution >= 4 is 5.97 Å². The van der Waals surface area contributed by atoms with Crippen LogP contribution in [0.1, 0.15) is 23.0 Å². The van der Waals surface area contributed by atoms with E-state index in [1.807, 2.05) is 6.07 Å². The quantitative estimate of drug-likeness (QED) is 0.792. The maximum atomic E-state index is 13.7. The average molecular weight is 260 g/mol. The molecule has 0 fully saturated rings. The predicted molar refractivity (Wildman–Crippen MR) is 62.6 cm³/mol. The average Bonchev–Trinajstić information content (AvgIpc) is 2.88. The number of carbonyl (C=O) groups excluding carboxylic acids is 1. The highest BCUT2D eigenvalue weighted by molar-refractivity contribution is 5.87. The molecule has 0 saturated heterocycles. The second kappa shape index (κ2) is 5.31. The molecule has 6 heteroatoms. The number of hydrogen-bond acceptors (Lipinski definition) is 5. The Morgan fingerprint density at radius 2 is 2.37 bits per heavy atom. The molecule has 0 aliphatic rings. The van der Waals surface area contributed by atoms with Crippen LogP contribution in [-0.4, -0.2) is 17.6 Å². The summed E-state index contributed by atoms with van der Waals surface area (Å²) < 4.78 is 23.5. The Morgan fingerprint density at radius 1 is 1.58 bits per heavy atom. The van der Waals surface area contributed by atoms with Gasteiger partial charge >= 0.3 is 5.97 Å². The van der Waals surface area contributed by atoms with Crippen LogP contribution >= 0.6 is 0 Å². The Balaban J connectivity index is 2.33. The van der Waals surface area contributed by atoms with E-state index in [2.05, 4.69) is 4.98 Å². The van der Waals surface area contributed by atoms with Crippen molar-refractivity contribution in [2.45, 2.75) is 6.92 Å². The van der Waals surface area contributed by atoms with Gasteiger partial charge in [0.1, 0.15) is 12.1 Å². The van der Waals surface area contributed by atoms with Gasteiger partial charge in [0.2, 0.25) is 5.89 Å². The second-order valence-corrected chi connectivity index (χ2v) is 3.56. The van der Waals surface area contributed by atoms with Gasteiger partial charge in [-0.15, -0.1) is 0 Å². The molecule has 0 N–H and O–H groups in total. The van der Waals surface area contributed by atoms with Crippen molar-refractivity contribution in [3.05, 3.63) is 41.5 Å². The van der Waals surface area contributed by atoms with Gasteiger partial charge in [-0.1, -0.05) is 0 Å². The molecule has 0 unspecified atom stereocenters. The highest BCUT2D eigenvalue weighted by Gasteiger charge is 2.16. The minimum Gasteiger partial charge on any atom is -0.461 e. The SMILES string of the molecule is CCOC(=O)c1coc(-c2ccc(C#N)cc2F)n1. The normalized spacial score (nSPS) is 9.95. The highest BCUT2D eigenvalue weighted by atomic mass is 19.1. The molecule has 0 saturated carbocycles. The van der Waals surface area contributed by atoms with Gasteiger partial charge < -0.3 is 9.15 Å². The Labute approximate surface area is 108 Å². The monoisotopic (exact) mass is 260 g/mol. The van der Waals surface area contributed by atoms with Gasteiger partial charge in [0.25, 0.3) is 0 Å². The zero-order chi connectivity index (χ0) is 13.8. The Bertz CT molecular complexity index is 658. The molecule has 0 aliphatic carbocycles. The number of esters is 1. The number of aromatic nitrogens is 1. The van der Waals surface area contributed by atoms with E-state index in [0.29, 0.717) is 0 Å². The number of nitrogens with zero attached hydrogens (tertiary/aromatic N) is 2. The summed E-state index contributed by atoms with van der Waals surface area (Å²) in [5.41, 5.74) is 0.244. The summed E-state index contributed by atoms with van der Waals surface area (Å²) in [6.45, 7) is 1.88. The number of rotatable bonds is 3. The van der Waals surface area contributed by atoms with Crippen molar-refractivity contribution < 1.29 is 18.3 Å². The van der Waals surface area contributed by atoms with Crippen LogP contribution in [-0.2, 0) is 4.74 Å². The van der Waals surface area contributed by atoms with Gasteiger partial charge in [0.15, 0.2) is 5.69 Å². The summed E-state index contributed by atoms with van der Waals surface area (Å²) in [6, 6.07) is 5.70. The first-order chi connectivity index (χ1) is 9.15. The second-order valence-electron chi connectivity index (χ2n) is 3.56. The first kappa shape index (κ1) is 12.8. The molecule has 96 valence electrons. The summed E-state index contributed by atoms with van der Waals surface area (Å²) in [4.78, 5) is 15.2. The van der Waals surface area contributed by atoms with E-state index in [0.717, 1.165) is 12.3 Å². The van der Waals surface area contributed by atoms with Gasteiger partial charge in [-0.25, -0.2) is 14.2 Å². The fraction of sp³-hybridized carbons (Fsp3) is 0.154.